The molecular weight excluding hydrogens is 272 g/mol. The molecule has 2 aliphatic heterocycles. The molecule has 2 heterocycles. The van der Waals surface area contributed by atoms with Crippen molar-refractivity contribution in [2.75, 3.05) is 0 Å². The van der Waals surface area contributed by atoms with E-state index in [4.69, 9.17) is 9.47 Å². The van der Waals surface area contributed by atoms with Gasteiger partial charge in [0, 0.05) is 0 Å². The minimum atomic E-state index is 0.299. The second-order valence-electron chi connectivity index (χ2n) is 7.15. The first-order valence-electron chi connectivity index (χ1n) is 7.99. The lowest BCUT2D eigenvalue weighted by molar-refractivity contribution is 0.371. The molecular formula is C20H10O2. The summed E-state index contributed by atoms with van der Waals surface area (Å²) in [6.45, 7) is 0. The maximum absolute atomic E-state index is 5.91. The first kappa shape index (κ1) is 9.78. The average Bonchev–Trinajstić information content (AvgIpc) is 3.45. The van der Waals surface area contributed by atoms with Crippen molar-refractivity contribution >= 4 is 32.3 Å². The maximum atomic E-state index is 5.91. The minimum Gasteiger partial charge on any atom is -0.359 e. The van der Waals surface area contributed by atoms with Crippen LogP contribution in [-0.4, -0.2) is 0 Å². The van der Waals surface area contributed by atoms with E-state index < -0.39 is 0 Å². The zero-order chi connectivity index (χ0) is 13.7. The highest BCUT2D eigenvalue weighted by molar-refractivity contribution is 6.27. The van der Waals surface area contributed by atoms with E-state index >= 15 is 0 Å². The Morgan fingerprint density at radius 3 is 1.59 bits per heavy atom. The molecule has 2 saturated heterocycles. The summed E-state index contributed by atoms with van der Waals surface area (Å²) in [4.78, 5) is 0. The van der Waals surface area contributed by atoms with Crippen LogP contribution >= 0.6 is 0 Å². The summed E-state index contributed by atoms with van der Waals surface area (Å²) in [5.74, 6) is 0. The second kappa shape index (κ2) is 2.62. The first-order chi connectivity index (χ1) is 10.9. The summed E-state index contributed by atoms with van der Waals surface area (Å²) in [5.41, 5.74) is 5.63. The molecule has 102 valence electrons. The topological polar surface area (TPSA) is 25.1 Å². The van der Waals surface area contributed by atoms with Crippen LogP contribution in [0.15, 0.2) is 36.4 Å². The van der Waals surface area contributed by atoms with Crippen LogP contribution in [-0.2, 0) is 9.47 Å². The van der Waals surface area contributed by atoms with Gasteiger partial charge in [0.1, 0.15) is 24.4 Å². The van der Waals surface area contributed by atoms with Crippen LogP contribution in [0.25, 0.3) is 32.3 Å². The van der Waals surface area contributed by atoms with Crippen LogP contribution in [0.5, 0.6) is 0 Å². The summed E-state index contributed by atoms with van der Waals surface area (Å²) >= 11 is 0. The van der Waals surface area contributed by atoms with E-state index in [0.29, 0.717) is 24.4 Å². The van der Waals surface area contributed by atoms with Crippen LogP contribution in [0, 0.1) is 0 Å². The molecule has 8 rings (SSSR count). The van der Waals surface area contributed by atoms with Gasteiger partial charge in [0.05, 0.1) is 0 Å². The average molecular weight is 282 g/mol. The number of ether oxygens (including phenoxy) is 2. The molecule has 2 nitrogen and oxygen atoms in total. The number of rotatable bonds is 0. The highest BCUT2D eigenvalue weighted by Crippen LogP contribution is 2.67. The smallest absolute Gasteiger partial charge is 0.114 e. The largest absolute Gasteiger partial charge is 0.359 e. The van der Waals surface area contributed by atoms with Gasteiger partial charge in [-0.1, -0.05) is 18.2 Å². The van der Waals surface area contributed by atoms with Crippen LogP contribution < -0.4 is 0 Å². The lowest BCUT2D eigenvalue weighted by Gasteiger charge is -2.17. The summed E-state index contributed by atoms with van der Waals surface area (Å²) in [5, 5.41) is 8.59. The van der Waals surface area contributed by atoms with Crippen molar-refractivity contribution in [1.82, 2.24) is 0 Å². The lowest BCUT2D eigenvalue weighted by Crippen LogP contribution is -1.94. The Hall–Kier alpha value is -2.16. The predicted octanol–water partition coefficient (Wildman–Crippen LogP) is 4.84. The molecule has 4 atom stereocenters. The summed E-state index contributed by atoms with van der Waals surface area (Å²) in [6, 6.07) is 13.8. The van der Waals surface area contributed by atoms with Crippen molar-refractivity contribution in [1.29, 1.82) is 0 Å². The van der Waals surface area contributed by atoms with Gasteiger partial charge in [0.25, 0.3) is 0 Å². The van der Waals surface area contributed by atoms with E-state index in [1.165, 1.54) is 54.6 Å². The van der Waals surface area contributed by atoms with Crippen LogP contribution in [0.3, 0.4) is 0 Å². The molecule has 0 radical (unpaired) electrons. The van der Waals surface area contributed by atoms with E-state index in [1.54, 1.807) is 0 Å². The molecule has 0 spiro atoms. The number of hydrogen-bond acceptors (Lipinski definition) is 2. The molecule has 2 fully saturated rings. The fourth-order valence-electron chi connectivity index (χ4n) is 5.26. The van der Waals surface area contributed by atoms with Crippen molar-refractivity contribution in [3.05, 3.63) is 58.7 Å². The molecule has 4 aromatic carbocycles. The molecule has 0 amide bonds. The Balaban J connectivity index is 1.82. The molecule has 0 saturated carbocycles. The third kappa shape index (κ3) is 0.794. The van der Waals surface area contributed by atoms with Gasteiger partial charge in [-0.05, 0) is 72.8 Å². The van der Waals surface area contributed by atoms with Crippen molar-refractivity contribution in [2.24, 2.45) is 0 Å². The Bertz CT molecular complexity index is 1120. The monoisotopic (exact) mass is 282 g/mol. The number of hydrogen-bond donors (Lipinski definition) is 0. The first-order valence-corrected chi connectivity index (χ1v) is 7.99. The molecule has 2 aliphatic carbocycles. The Labute approximate surface area is 125 Å². The number of epoxide rings is 2. The molecule has 22 heavy (non-hydrogen) atoms. The highest BCUT2D eigenvalue weighted by atomic mass is 16.6. The van der Waals surface area contributed by atoms with Gasteiger partial charge in [-0.15, -0.1) is 0 Å². The SMILES string of the molecule is c1cc2cc3c4c(cc5c6c(cc(c1)c2c46)[C@@H]1O[C@H]51)[C@@H]1O[C@H]31. The quantitative estimate of drug-likeness (QED) is 0.341. The molecule has 0 N–H and O–H groups in total. The fourth-order valence-corrected chi connectivity index (χ4v) is 5.26. The molecule has 0 aromatic heterocycles. The van der Waals surface area contributed by atoms with E-state index in [-0.39, 0.29) is 0 Å². The summed E-state index contributed by atoms with van der Waals surface area (Å²) in [6.07, 6.45) is 1.20. The van der Waals surface area contributed by atoms with Crippen molar-refractivity contribution < 1.29 is 9.47 Å². The van der Waals surface area contributed by atoms with Gasteiger partial charge in [-0.2, -0.15) is 0 Å². The minimum absolute atomic E-state index is 0.299. The van der Waals surface area contributed by atoms with Crippen molar-refractivity contribution in [2.45, 2.75) is 24.4 Å². The van der Waals surface area contributed by atoms with Gasteiger partial charge in [-0.3, -0.25) is 0 Å². The van der Waals surface area contributed by atoms with Gasteiger partial charge >= 0.3 is 0 Å². The zero-order valence-electron chi connectivity index (χ0n) is 11.6. The van der Waals surface area contributed by atoms with Crippen LogP contribution in [0.1, 0.15) is 46.7 Å². The fraction of sp³-hybridized carbons (Fsp3) is 0.200. The maximum Gasteiger partial charge on any atom is 0.114 e. The van der Waals surface area contributed by atoms with E-state index in [9.17, 15) is 0 Å². The van der Waals surface area contributed by atoms with Crippen molar-refractivity contribution in [3.8, 4) is 0 Å². The second-order valence-corrected chi connectivity index (χ2v) is 7.15. The molecule has 2 heteroatoms. The third-order valence-electron chi connectivity index (χ3n) is 6.18. The molecule has 4 aromatic rings. The van der Waals surface area contributed by atoms with Gasteiger partial charge in [-0.25, -0.2) is 0 Å². The number of benzene rings is 4. The van der Waals surface area contributed by atoms with Crippen LogP contribution in [0.4, 0.5) is 0 Å². The Morgan fingerprint density at radius 1 is 0.545 bits per heavy atom. The third-order valence-corrected chi connectivity index (χ3v) is 6.18. The molecule has 0 unspecified atom stereocenters. The van der Waals surface area contributed by atoms with Gasteiger partial charge in [0.15, 0.2) is 0 Å². The Kier molecular flexibility index (Phi) is 1.16. The number of fused-ring (bicyclic) bond motifs is 6. The predicted molar refractivity (Wildman–Crippen MR) is 83.3 cm³/mol. The molecule has 4 aliphatic rings. The normalized spacial score (nSPS) is 32.2. The summed E-state index contributed by atoms with van der Waals surface area (Å²) < 4.78 is 11.8. The van der Waals surface area contributed by atoms with E-state index in [0.717, 1.165) is 0 Å². The van der Waals surface area contributed by atoms with Crippen LogP contribution in [0.2, 0.25) is 0 Å². The Morgan fingerprint density at radius 2 is 1.05 bits per heavy atom. The molecule has 0 bridgehead atoms. The van der Waals surface area contributed by atoms with Gasteiger partial charge < -0.3 is 9.47 Å². The standard InChI is InChI=1S/C20H10O2/c1-2-7-4-9-14-11(19-17(9)21-19)6-12-15-10(18-20(12)22-18)5-8(3-1)13(7)16(14)15/h1-6,17-20H/t17-,18+,19+,20-. The summed E-state index contributed by atoms with van der Waals surface area (Å²) in [7, 11) is 0. The van der Waals surface area contributed by atoms with E-state index in [2.05, 4.69) is 36.4 Å². The van der Waals surface area contributed by atoms with E-state index in [1.807, 2.05) is 0 Å². The zero-order valence-corrected chi connectivity index (χ0v) is 11.6. The highest BCUT2D eigenvalue weighted by Gasteiger charge is 2.54. The van der Waals surface area contributed by atoms with Gasteiger partial charge in [0.2, 0.25) is 0 Å². The lowest BCUT2D eigenvalue weighted by atomic mass is 9.88. The van der Waals surface area contributed by atoms with Crippen molar-refractivity contribution in [3.63, 3.8) is 0 Å².